The van der Waals surface area contributed by atoms with Crippen LogP contribution in [0.4, 0.5) is 11.4 Å². The molecule has 0 atom stereocenters. The van der Waals surface area contributed by atoms with Gasteiger partial charge in [0.1, 0.15) is 0 Å². The lowest BCUT2D eigenvalue weighted by Crippen LogP contribution is -2.36. The quantitative estimate of drug-likeness (QED) is 0.768. The Bertz CT molecular complexity index is 644. The van der Waals surface area contributed by atoms with Crippen LogP contribution >= 0.6 is 0 Å². The van der Waals surface area contributed by atoms with Crippen LogP contribution in [0.3, 0.4) is 0 Å². The SMILES string of the molecule is CC(=O)Nc1ccc(NC(=O)C2CCC(C(=O)NC3CC3)CC2)cc1. The van der Waals surface area contributed by atoms with Crippen LogP contribution in [0.5, 0.6) is 0 Å². The fourth-order valence-electron chi connectivity index (χ4n) is 3.25. The predicted octanol–water partition coefficient (Wildman–Crippen LogP) is 2.67. The highest BCUT2D eigenvalue weighted by atomic mass is 16.2. The second-order valence-electron chi connectivity index (χ2n) is 7.08. The smallest absolute Gasteiger partial charge is 0.227 e. The number of benzene rings is 1. The summed E-state index contributed by atoms with van der Waals surface area (Å²) in [5.41, 5.74) is 1.42. The molecule has 2 aliphatic rings. The van der Waals surface area contributed by atoms with Gasteiger partial charge in [0.25, 0.3) is 0 Å². The van der Waals surface area contributed by atoms with Gasteiger partial charge in [0.2, 0.25) is 17.7 Å². The van der Waals surface area contributed by atoms with E-state index in [1.807, 2.05) is 0 Å². The molecule has 0 bridgehead atoms. The Morgan fingerprint density at radius 2 is 1.24 bits per heavy atom. The minimum atomic E-state index is -0.126. The molecule has 2 aliphatic carbocycles. The van der Waals surface area contributed by atoms with Crippen LogP contribution in [0.1, 0.15) is 45.4 Å². The Hall–Kier alpha value is -2.37. The fourth-order valence-corrected chi connectivity index (χ4v) is 3.25. The zero-order valence-corrected chi connectivity index (χ0v) is 14.5. The van der Waals surface area contributed by atoms with E-state index in [9.17, 15) is 14.4 Å². The van der Waals surface area contributed by atoms with E-state index in [-0.39, 0.29) is 29.6 Å². The molecule has 3 rings (SSSR count). The first kappa shape index (κ1) is 17.5. The summed E-state index contributed by atoms with van der Waals surface area (Å²) < 4.78 is 0. The van der Waals surface area contributed by atoms with Crippen molar-refractivity contribution in [2.24, 2.45) is 11.8 Å². The molecule has 6 heteroatoms. The maximum atomic E-state index is 12.4. The monoisotopic (exact) mass is 343 g/mol. The summed E-state index contributed by atoms with van der Waals surface area (Å²) in [4.78, 5) is 35.5. The van der Waals surface area contributed by atoms with E-state index in [1.165, 1.54) is 6.92 Å². The lowest BCUT2D eigenvalue weighted by atomic mass is 9.81. The van der Waals surface area contributed by atoms with Crippen molar-refractivity contribution in [3.8, 4) is 0 Å². The van der Waals surface area contributed by atoms with E-state index in [0.29, 0.717) is 17.4 Å². The van der Waals surface area contributed by atoms with Gasteiger partial charge < -0.3 is 16.0 Å². The molecule has 0 unspecified atom stereocenters. The van der Waals surface area contributed by atoms with Crippen molar-refractivity contribution in [3.63, 3.8) is 0 Å². The van der Waals surface area contributed by atoms with Crippen LogP contribution in [-0.4, -0.2) is 23.8 Å². The van der Waals surface area contributed by atoms with Crippen LogP contribution in [-0.2, 0) is 14.4 Å². The van der Waals surface area contributed by atoms with Crippen molar-refractivity contribution in [1.29, 1.82) is 0 Å². The van der Waals surface area contributed by atoms with Gasteiger partial charge in [0.05, 0.1) is 0 Å². The lowest BCUT2D eigenvalue weighted by molar-refractivity contribution is -0.128. The summed E-state index contributed by atoms with van der Waals surface area (Å²) in [5.74, 6) is 0.0594. The lowest BCUT2D eigenvalue weighted by Gasteiger charge is -2.27. The minimum absolute atomic E-state index is 0.00771. The van der Waals surface area contributed by atoms with Crippen molar-refractivity contribution >= 4 is 29.1 Å². The molecule has 0 aromatic heterocycles. The molecule has 3 amide bonds. The van der Waals surface area contributed by atoms with Gasteiger partial charge in [-0.1, -0.05) is 0 Å². The molecule has 0 aliphatic heterocycles. The molecule has 25 heavy (non-hydrogen) atoms. The summed E-state index contributed by atoms with van der Waals surface area (Å²) >= 11 is 0. The van der Waals surface area contributed by atoms with E-state index in [4.69, 9.17) is 0 Å². The second-order valence-corrected chi connectivity index (χ2v) is 7.08. The van der Waals surface area contributed by atoms with E-state index >= 15 is 0 Å². The molecule has 0 spiro atoms. The van der Waals surface area contributed by atoms with Gasteiger partial charge in [-0.05, 0) is 62.8 Å². The minimum Gasteiger partial charge on any atom is -0.353 e. The predicted molar refractivity (Wildman–Crippen MR) is 96.0 cm³/mol. The molecule has 134 valence electrons. The molecule has 0 radical (unpaired) electrons. The number of anilines is 2. The van der Waals surface area contributed by atoms with Crippen molar-refractivity contribution in [1.82, 2.24) is 5.32 Å². The molecular formula is C19H25N3O3. The highest BCUT2D eigenvalue weighted by Crippen LogP contribution is 2.31. The molecule has 6 nitrogen and oxygen atoms in total. The third kappa shape index (κ3) is 5.05. The second kappa shape index (κ2) is 7.68. The van der Waals surface area contributed by atoms with Crippen LogP contribution in [0, 0.1) is 11.8 Å². The maximum Gasteiger partial charge on any atom is 0.227 e. The van der Waals surface area contributed by atoms with Gasteiger partial charge in [-0.25, -0.2) is 0 Å². The third-order valence-electron chi connectivity index (χ3n) is 4.87. The van der Waals surface area contributed by atoms with Crippen molar-refractivity contribution in [3.05, 3.63) is 24.3 Å². The standard InChI is InChI=1S/C19H25N3O3/c1-12(23)20-15-6-8-16(9-7-15)21-18(24)13-2-4-14(5-3-13)19(25)22-17-10-11-17/h6-9,13-14,17H,2-5,10-11H2,1H3,(H,20,23)(H,21,24)(H,22,25). The first-order chi connectivity index (χ1) is 12.0. The Labute approximate surface area is 147 Å². The Balaban J connectivity index is 1.45. The number of nitrogens with one attached hydrogen (secondary N) is 3. The van der Waals surface area contributed by atoms with Gasteiger partial charge in [0.15, 0.2) is 0 Å². The number of hydrogen-bond acceptors (Lipinski definition) is 3. The molecule has 0 heterocycles. The molecular weight excluding hydrogens is 318 g/mol. The molecule has 3 N–H and O–H groups in total. The average molecular weight is 343 g/mol. The van der Waals surface area contributed by atoms with Crippen molar-refractivity contribution in [2.45, 2.75) is 51.5 Å². The van der Waals surface area contributed by atoms with Gasteiger partial charge in [0, 0.05) is 36.2 Å². The molecule has 1 aromatic carbocycles. The molecule has 2 saturated carbocycles. The number of amides is 3. The summed E-state index contributed by atoms with van der Waals surface area (Å²) in [5, 5.41) is 8.68. The fraction of sp³-hybridized carbons (Fsp3) is 0.526. The van der Waals surface area contributed by atoms with Gasteiger partial charge in [-0.15, -0.1) is 0 Å². The topological polar surface area (TPSA) is 87.3 Å². The largest absolute Gasteiger partial charge is 0.353 e. The first-order valence-corrected chi connectivity index (χ1v) is 9.00. The van der Waals surface area contributed by atoms with Crippen molar-refractivity contribution in [2.75, 3.05) is 10.6 Å². The zero-order valence-electron chi connectivity index (χ0n) is 14.5. The Morgan fingerprint density at radius 3 is 1.72 bits per heavy atom. The highest BCUT2D eigenvalue weighted by molar-refractivity contribution is 5.93. The van der Waals surface area contributed by atoms with Crippen LogP contribution in [0.2, 0.25) is 0 Å². The van der Waals surface area contributed by atoms with E-state index in [2.05, 4.69) is 16.0 Å². The molecule has 1 aromatic rings. The summed E-state index contributed by atoms with van der Waals surface area (Å²) in [6.45, 7) is 1.46. The van der Waals surface area contributed by atoms with E-state index in [1.54, 1.807) is 24.3 Å². The van der Waals surface area contributed by atoms with Crippen LogP contribution in [0.15, 0.2) is 24.3 Å². The number of carbonyl (C=O) groups excluding carboxylic acids is 3. The number of carbonyl (C=O) groups is 3. The van der Waals surface area contributed by atoms with Crippen LogP contribution < -0.4 is 16.0 Å². The molecule has 0 saturated heterocycles. The Morgan fingerprint density at radius 1 is 0.760 bits per heavy atom. The van der Waals surface area contributed by atoms with Crippen molar-refractivity contribution < 1.29 is 14.4 Å². The highest BCUT2D eigenvalue weighted by Gasteiger charge is 2.32. The molecule has 2 fully saturated rings. The van der Waals surface area contributed by atoms with Crippen LogP contribution in [0.25, 0.3) is 0 Å². The van der Waals surface area contributed by atoms with Gasteiger partial charge >= 0.3 is 0 Å². The number of hydrogen-bond donors (Lipinski definition) is 3. The van der Waals surface area contributed by atoms with E-state index < -0.39 is 0 Å². The number of rotatable bonds is 5. The normalized spacial score (nSPS) is 22.8. The summed E-state index contributed by atoms with van der Waals surface area (Å²) in [6.07, 6.45) is 5.25. The zero-order chi connectivity index (χ0) is 17.8. The van der Waals surface area contributed by atoms with E-state index in [0.717, 1.165) is 38.5 Å². The first-order valence-electron chi connectivity index (χ1n) is 9.00. The van der Waals surface area contributed by atoms with Gasteiger partial charge in [-0.3, -0.25) is 14.4 Å². The third-order valence-corrected chi connectivity index (χ3v) is 4.87. The summed E-state index contributed by atoms with van der Waals surface area (Å²) in [7, 11) is 0. The maximum absolute atomic E-state index is 12.4. The van der Waals surface area contributed by atoms with Gasteiger partial charge in [-0.2, -0.15) is 0 Å². The Kier molecular flexibility index (Phi) is 5.36. The average Bonchev–Trinajstić information content (AvgIpc) is 3.40. The summed E-state index contributed by atoms with van der Waals surface area (Å²) in [6, 6.07) is 7.47.